The van der Waals surface area contributed by atoms with E-state index in [2.05, 4.69) is 5.32 Å². The van der Waals surface area contributed by atoms with Crippen LogP contribution in [0.1, 0.15) is 22.9 Å². The van der Waals surface area contributed by atoms with Gasteiger partial charge in [0.2, 0.25) is 0 Å². The minimum absolute atomic E-state index is 0.199. The van der Waals surface area contributed by atoms with Gasteiger partial charge in [0, 0.05) is 4.88 Å². The first kappa shape index (κ1) is 13.8. The number of urea groups is 1. The number of aryl methyl sites for hydroxylation is 1. The fourth-order valence-corrected chi connectivity index (χ4v) is 3.28. The first-order valence-electron chi connectivity index (χ1n) is 6.74. The average molecular weight is 300 g/mol. The monoisotopic (exact) mass is 300 g/mol. The van der Waals surface area contributed by atoms with Crippen molar-refractivity contribution in [1.29, 1.82) is 0 Å². The van der Waals surface area contributed by atoms with Crippen LogP contribution in [0.5, 0.6) is 0 Å². The molecule has 0 spiro atoms. The molecule has 1 aromatic heterocycles. The van der Waals surface area contributed by atoms with Crippen LogP contribution in [-0.4, -0.2) is 16.8 Å². The van der Waals surface area contributed by atoms with Crippen LogP contribution in [0.4, 0.5) is 4.79 Å². The molecule has 1 fully saturated rings. The standard InChI is InChI=1S/C16H16N2O2S/c1-11-5-7-12(8-6-11)10-18-14(19)16(2,17-15(18)20)13-4-3-9-21-13/h3-9H,10H2,1-2H3,(H,17,20)/t16-/m0/s1. The van der Waals surface area contributed by atoms with Gasteiger partial charge < -0.3 is 5.32 Å². The van der Waals surface area contributed by atoms with Gasteiger partial charge in [0.15, 0.2) is 5.54 Å². The summed E-state index contributed by atoms with van der Waals surface area (Å²) >= 11 is 1.47. The topological polar surface area (TPSA) is 49.4 Å². The number of carbonyl (C=O) groups excluding carboxylic acids is 2. The molecule has 1 atom stereocenters. The minimum atomic E-state index is -0.948. The van der Waals surface area contributed by atoms with Gasteiger partial charge in [0.05, 0.1) is 6.54 Å². The lowest BCUT2D eigenvalue weighted by atomic mass is 10.0. The number of hydrogen-bond donors (Lipinski definition) is 1. The second-order valence-electron chi connectivity index (χ2n) is 5.41. The van der Waals surface area contributed by atoms with E-state index in [1.54, 1.807) is 6.92 Å². The highest BCUT2D eigenvalue weighted by Crippen LogP contribution is 2.32. The Morgan fingerprint density at radius 1 is 1.19 bits per heavy atom. The van der Waals surface area contributed by atoms with Crippen LogP contribution < -0.4 is 5.32 Å². The molecule has 1 N–H and O–H groups in total. The van der Waals surface area contributed by atoms with E-state index in [0.717, 1.165) is 16.0 Å². The summed E-state index contributed by atoms with van der Waals surface area (Å²) in [5.74, 6) is -0.199. The Labute approximate surface area is 127 Å². The van der Waals surface area contributed by atoms with E-state index in [9.17, 15) is 9.59 Å². The highest BCUT2D eigenvalue weighted by atomic mass is 32.1. The molecule has 1 aliphatic rings. The van der Waals surface area contributed by atoms with Crippen LogP contribution in [-0.2, 0) is 16.9 Å². The van der Waals surface area contributed by atoms with Gasteiger partial charge in [-0.3, -0.25) is 9.69 Å². The van der Waals surface area contributed by atoms with Crippen LogP contribution in [0.3, 0.4) is 0 Å². The molecule has 0 unspecified atom stereocenters. The summed E-state index contributed by atoms with van der Waals surface area (Å²) in [7, 11) is 0. The van der Waals surface area contributed by atoms with Gasteiger partial charge in [-0.25, -0.2) is 4.79 Å². The molecule has 1 saturated heterocycles. The van der Waals surface area contributed by atoms with Crippen LogP contribution in [0, 0.1) is 6.92 Å². The van der Waals surface area contributed by atoms with Crippen LogP contribution in [0.25, 0.3) is 0 Å². The largest absolute Gasteiger partial charge is 0.325 e. The fraction of sp³-hybridized carbons (Fsp3) is 0.250. The normalized spacial score (nSPS) is 21.7. The van der Waals surface area contributed by atoms with Crippen LogP contribution in [0.15, 0.2) is 41.8 Å². The highest BCUT2D eigenvalue weighted by Gasteiger charge is 2.49. The summed E-state index contributed by atoms with van der Waals surface area (Å²) in [6, 6.07) is 11.3. The summed E-state index contributed by atoms with van der Waals surface area (Å²) in [6.07, 6.45) is 0. The average Bonchev–Trinajstić information content (AvgIpc) is 3.06. The Morgan fingerprint density at radius 2 is 1.90 bits per heavy atom. The predicted octanol–water partition coefficient (Wildman–Crippen LogP) is 3.02. The number of carbonyl (C=O) groups is 2. The third-order valence-electron chi connectivity index (χ3n) is 3.75. The number of imide groups is 1. The molecular weight excluding hydrogens is 284 g/mol. The molecule has 0 radical (unpaired) electrons. The van der Waals surface area contributed by atoms with Crippen LogP contribution in [0.2, 0.25) is 0 Å². The smallest absolute Gasteiger partial charge is 0.319 e. The molecule has 0 saturated carbocycles. The molecule has 3 rings (SSSR count). The Kier molecular flexibility index (Phi) is 3.29. The van der Waals surface area contributed by atoms with Crippen molar-refractivity contribution in [2.75, 3.05) is 0 Å². The zero-order valence-electron chi connectivity index (χ0n) is 11.9. The third kappa shape index (κ3) is 2.34. The third-order valence-corrected chi connectivity index (χ3v) is 4.84. The van der Waals surface area contributed by atoms with Gasteiger partial charge >= 0.3 is 6.03 Å². The number of thiophene rings is 1. The Bertz CT molecular complexity index is 679. The quantitative estimate of drug-likeness (QED) is 0.886. The van der Waals surface area contributed by atoms with Crippen molar-refractivity contribution in [3.63, 3.8) is 0 Å². The molecule has 1 aromatic carbocycles. The summed E-state index contributed by atoms with van der Waals surface area (Å²) in [5, 5.41) is 4.72. The van der Waals surface area contributed by atoms with Crippen molar-refractivity contribution in [3.05, 3.63) is 57.8 Å². The maximum Gasteiger partial charge on any atom is 0.325 e. The summed E-state index contributed by atoms with van der Waals surface area (Å²) in [5.41, 5.74) is 1.15. The minimum Gasteiger partial charge on any atom is -0.319 e. The van der Waals surface area contributed by atoms with E-state index >= 15 is 0 Å². The van der Waals surface area contributed by atoms with E-state index in [-0.39, 0.29) is 11.9 Å². The van der Waals surface area contributed by atoms with Gasteiger partial charge in [-0.1, -0.05) is 35.9 Å². The second-order valence-corrected chi connectivity index (χ2v) is 6.36. The number of amides is 3. The molecule has 1 aliphatic heterocycles. The lowest BCUT2D eigenvalue weighted by Crippen LogP contribution is -2.40. The van der Waals surface area contributed by atoms with Crippen LogP contribution >= 0.6 is 11.3 Å². The predicted molar refractivity (Wildman–Crippen MR) is 81.9 cm³/mol. The van der Waals surface area contributed by atoms with E-state index < -0.39 is 5.54 Å². The molecule has 5 heteroatoms. The molecule has 2 heterocycles. The fourth-order valence-electron chi connectivity index (χ4n) is 2.45. The first-order valence-corrected chi connectivity index (χ1v) is 7.62. The van der Waals surface area contributed by atoms with E-state index in [4.69, 9.17) is 0 Å². The maximum atomic E-state index is 12.7. The molecule has 0 bridgehead atoms. The highest BCUT2D eigenvalue weighted by molar-refractivity contribution is 7.10. The Balaban J connectivity index is 1.86. The van der Waals surface area contributed by atoms with Crippen molar-refractivity contribution in [2.24, 2.45) is 0 Å². The first-order chi connectivity index (χ1) is 10.0. The molecule has 108 valence electrons. The van der Waals surface area contributed by atoms with Crippen molar-refractivity contribution in [1.82, 2.24) is 10.2 Å². The second kappa shape index (κ2) is 5.00. The van der Waals surface area contributed by atoms with E-state index in [1.807, 2.05) is 48.7 Å². The van der Waals surface area contributed by atoms with E-state index in [1.165, 1.54) is 16.2 Å². The molecule has 3 amide bonds. The van der Waals surface area contributed by atoms with Gasteiger partial charge in [0.1, 0.15) is 0 Å². The Hall–Kier alpha value is -2.14. The van der Waals surface area contributed by atoms with Gasteiger partial charge in [-0.2, -0.15) is 0 Å². The summed E-state index contributed by atoms with van der Waals surface area (Å²) < 4.78 is 0. The molecule has 0 aliphatic carbocycles. The van der Waals surface area contributed by atoms with Gasteiger partial charge in [-0.15, -0.1) is 11.3 Å². The zero-order valence-corrected chi connectivity index (χ0v) is 12.7. The Morgan fingerprint density at radius 3 is 2.52 bits per heavy atom. The number of hydrogen-bond acceptors (Lipinski definition) is 3. The van der Waals surface area contributed by atoms with Crippen molar-refractivity contribution in [3.8, 4) is 0 Å². The van der Waals surface area contributed by atoms with E-state index in [0.29, 0.717) is 6.54 Å². The van der Waals surface area contributed by atoms with Crippen molar-refractivity contribution >= 4 is 23.3 Å². The van der Waals surface area contributed by atoms with Gasteiger partial charge in [0.25, 0.3) is 5.91 Å². The zero-order chi connectivity index (χ0) is 15.0. The molecule has 21 heavy (non-hydrogen) atoms. The number of nitrogens with one attached hydrogen (secondary N) is 1. The lowest BCUT2D eigenvalue weighted by Gasteiger charge is -2.20. The maximum absolute atomic E-state index is 12.7. The SMILES string of the molecule is Cc1ccc(CN2C(=O)N[C@@](C)(c3cccs3)C2=O)cc1. The molecule has 2 aromatic rings. The molecular formula is C16H16N2O2S. The van der Waals surface area contributed by atoms with Crippen molar-refractivity contribution < 1.29 is 9.59 Å². The molecule has 4 nitrogen and oxygen atoms in total. The number of rotatable bonds is 3. The number of nitrogens with zero attached hydrogens (tertiary/aromatic N) is 1. The summed E-state index contributed by atoms with van der Waals surface area (Å²) in [4.78, 5) is 27.0. The lowest BCUT2D eigenvalue weighted by molar-refractivity contribution is -0.131. The summed E-state index contributed by atoms with van der Waals surface area (Å²) in [6.45, 7) is 4.06. The number of benzene rings is 1. The van der Waals surface area contributed by atoms with Crippen molar-refractivity contribution in [2.45, 2.75) is 25.9 Å². The van der Waals surface area contributed by atoms with Gasteiger partial charge in [-0.05, 0) is 30.9 Å².